The lowest BCUT2D eigenvalue weighted by Crippen LogP contribution is -2.11. The second kappa shape index (κ2) is 9.31. The van der Waals surface area contributed by atoms with Gasteiger partial charge in [0.2, 0.25) is 0 Å². The highest BCUT2D eigenvalue weighted by molar-refractivity contribution is 6.04. The number of pyridine rings is 3. The fourth-order valence-electron chi connectivity index (χ4n) is 4.57. The van der Waals surface area contributed by atoms with Crippen molar-refractivity contribution in [3.8, 4) is 34.0 Å². The Kier molecular flexibility index (Phi) is 5.37. The smallest absolute Gasteiger partial charge is 0.255 e. The zero-order chi connectivity index (χ0) is 26.2. The lowest BCUT2D eigenvalue weighted by molar-refractivity contribution is 0.102. The second-order valence-electron chi connectivity index (χ2n) is 8.97. The van der Waals surface area contributed by atoms with Crippen LogP contribution in [-0.2, 0) is 0 Å². The normalized spacial score (nSPS) is 11.2. The minimum Gasteiger partial charge on any atom is -0.336 e. The number of carbonyl (C=O) groups is 1. The first-order chi connectivity index (χ1) is 19.2. The van der Waals surface area contributed by atoms with Crippen LogP contribution in [0.5, 0.6) is 0 Å². The molecular weight excluding hydrogens is 488 g/mol. The number of aromatic nitrogens is 7. The molecule has 0 aliphatic carbocycles. The van der Waals surface area contributed by atoms with Crippen molar-refractivity contribution in [3.63, 3.8) is 0 Å². The Balaban J connectivity index is 1.25. The fourth-order valence-corrected chi connectivity index (χ4v) is 4.57. The van der Waals surface area contributed by atoms with Crippen molar-refractivity contribution in [1.29, 1.82) is 0 Å². The van der Waals surface area contributed by atoms with Gasteiger partial charge in [-0.1, -0.05) is 30.3 Å². The fraction of sp³-hybridized carbons (Fsp3) is 0. The Hall–Kier alpha value is -5.70. The molecule has 0 aliphatic rings. The summed E-state index contributed by atoms with van der Waals surface area (Å²) < 4.78 is 0. The Morgan fingerprint density at radius 3 is 2.54 bits per heavy atom. The summed E-state index contributed by atoms with van der Waals surface area (Å²) in [6.07, 6.45) is 6.88. The number of nitrogens with zero attached hydrogens (tertiary/aromatic N) is 5. The van der Waals surface area contributed by atoms with E-state index in [-0.39, 0.29) is 5.91 Å². The van der Waals surface area contributed by atoms with Gasteiger partial charge < -0.3 is 10.3 Å². The van der Waals surface area contributed by atoms with E-state index >= 15 is 0 Å². The Morgan fingerprint density at radius 2 is 1.67 bits per heavy atom. The first kappa shape index (κ1) is 22.5. The summed E-state index contributed by atoms with van der Waals surface area (Å²) >= 11 is 0. The van der Waals surface area contributed by atoms with Gasteiger partial charge in [0.25, 0.3) is 5.91 Å². The van der Waals surface area contributed by atoms with Gasteiger partial charge in [-0.2, -0.15) is 5.10 Å². The van der Waals surface area contributed by atoms with Gasteiger partial charge in [-0.3, -0.25) is 24.8 Å². The van der Waals surface area contributed by atoms with Crippen LogP contribution in [0.2, 0.25) is 0 Å². The molecule has 0 atom stereocenters. The van der Waals surface area contributed by atoms with E-state index in [0.29, 0.717) is 28.5 Å². The maximum Gasteiger partial charge on any atom is 0.255 e. The molecule has 2 aromatic carbocycles. The average Bonchev–Trinajstić information content (AvgIpc) is 3.62. The largest absolute Gasteiger partial charge is 0.336 e. The summed E-state index contributed by atoms with van der Waals surface area (Å²) in [5.41, 5.74) is 7.58. The number of amides is 1. The molecule has 0 fully saturated rings. The highest BCUT2D eigenvalue weighted by Crippen LogP contribution is 2.32. The maximum atomic E-state index is 12.6. The molecule has 7 aromatic rings. The summed E-state index contributed by atoms with van der Waals surface area (Å²) in [5, 5.41) is 11.5. The standard InChI is InChI=1S/C30H20N8O/c39-30(18-6-2-1-3-7-18)34-21-14-20(16-31-17-21)19-9-10-23-22(15-19)26(38-37-23)29-35-25-11-13-33-27(28(25)36-29)24-8-4-5-12-32-24/h1-17H,(H,34,39)(H,35,36)(H,37,38). The van der Waals surface area contributed by atoms with Crippen molar-refractivity contribution in [2.45, 2.75) is 0 Å². The van der Waals surface area contributed by atoms with Crippen LogP contribution in [0, 0.1) is 0 Å². The Bertz CT molecular complexity index is 1960. The van der Waals surface area contributed by atoms with Gasteiger partial charge in [0, 0.05) is 35.1 Å². The highest BCUT2D eigenvalue weighted by Gasteiger charge is 2.17. The lowest BCUT2D eigenvalue weighted by Gasteiger charge is -2.08. The molecule has 9 nitrogen and oxygen atoms in total. The Morgan fingerprint density at radius 1 is 0.769 bits per heavy atom. The summed E-state index contributed by atoms with van der Waals surface area (Å²) in [4.78, 5) is 34.2. The molecule has 0 aliphatic heterocycles. The van der Waals surface area contributed by atoms with Crippen LogP contribution in [-0.4, -0.2) is 41.0 Å². The van der Waals surface area contributed by atoms with Gasteiger partial charge >= 0.3 is 0 Å². The molecule has 0 unspecified atom stereocenters. The quantitative estimate of drug-likeness (QED) is 0.267. The average molecular weight is 509 g/mol. The van der Waals surface area contributed by atoms with Crippen LogP contribution in [0.3, 0.4) is 0 Å². The number of nitrogens with one attached hydrogen (secondary N) is 3. The minimum atomic E-state index is -0.188. The zero-order valence-electron chi connectivity index (χ0n) is 20.5. The SMILES string of the molecule is O=C(Nc1cncc(-c2ccc3[nH]nc(-c4nc5c(-c6ccccn6)nccc5[nH]4)c3c2)c1)c1ccccc1. The summed E-state index contributed by atoms with van der Waals surface area (Å²) in [5.74, 6) is 0.437. The molecule has 0 spiro atoms. The summed E-state index contributed by atoms with van der Waals surface area (Å²) in [6, 6.07) is 24.6. The van der Waals surface area contributed by atoms with Crippen molar-refractivity contribution in [2.24, 2.45) is 0 Å². The molecule has 7 rings (SSSR count). The van der Waals surface area contributed by atoms with E-state index in [1.165, 1.54) is 0 Å². The Labute approximate surface area is 222 Å². The predicted molar refractivity (Wildman–Crippen MR) is 150 cm³/mol. The topological polar surface area (TPSA) is 125 Å². The van der Waals surface area contributed by atoms with Gasteiger partial charge in [-0.15, -0.1) is 0 Å². The molecule has 186 valence electrons. The van der Waals surface area contributed by atoms with Crippen molar-refractivity contribution >= 4 is 33.5 Å². The minimum absolute atomic E-state index is 0.188. The van der Waals surface area contributed by atoms with Crippen LogP contribution in [0.25, 0.3) is 56.0 Å². The van der Waals surface area contributed by atoms with E-state index in [1.807, 2.05) is 66.7 Å². The van der Waals surface area contributed by atoms with Crippen LogP contribution in [0.1, 0.15) is 10.4 Å². The second-order valence-corrected chi connectivity index (χ2v) is 8.97. The highest BCUT2D eigenvalue weighted by atomic mass is 16.1. The van der Waals surface area contributed by atoms with Gasteiger partial charge in [0.15, 0.2) is 5.82 Å². The maximum absolute atomic E-state index is 12.6. The number of rotatable bonds is 5. The monoisotopic (exact) mass is 508 g/mol. The molecule has 0 radical (unpaired) electrons. The summed E-state index contributed by atoms with van der Waals surface area (Å²) in [6.45, 7) is 0. The number of hydrogen-bond donors (Lipinski definition) is 3. The van der Waals surface area contributed by atoms with Crippen molar-refractivity contribution in [3.05, 3.63) is 109 Å². The molecule has 0 saturated heterocycles. The van der Waals surface area contributed by atoms with Crippen LogP contribution in [0.15, 0.2) is 104 Å². The molecule has 3 N–H and O–H groups in total. The first-order valence-corrected chi connectivity index (χ1v) is 12.3. The number of carbonyl (C=O) groups excluding carboxylic acids is 1. The number of H-pyrrole nitrogens is 2. The molecule has 9 heteroatoms. The van der Waals surface area contributed by atoms with Gasteiger partial charge in [0.1, 0.15) is 16.9 Å². The zero-order valence-corrected chi connectivity index (χ0v) is 20.5. The van der Waals surface area contributed by atoms with Gasteiger partial charge in [-0.25, -0.2) is 4.98 Å². The van der Waals surface area contributed by atoms with Crippen molar-refractivity contribution < 1.29 is 4.79 Å². The number of aromatic amines is 2. The first-order valence-electron chi connectivity index (χ1n) is 12.3. The summed E-state index contributed by atoms with van der Waals surface area (Å²) in [7, 11) is 0. The third-order valence-electron chi connectivity index (χ3n) is 6.46. The molecule has 5 heterocycles. The molecule has 0 saturated carbocycles. The molecular formula is C30H20N8O. The number of benzene rings is 2. The third-order valence-corrected chi connectivity index (χ3v) is 6.46. The lowest BCUT2D eigenvalue weighted by atomic mass is 10.0. The van der Waals surface area contributed by atoms with E-state index in [1.54, 1.807) is 36.9 Å². The van der Waals surface area contributed by atoms with Gasteiger partial charge in [-0.05, 0) is 54.1 Å². The molecule has 1 amide bonds. The number of anilines is 1. The number of hydrogen-bond acceptors (Lipinski definition) is 6. The van der Waals surface area contributed by atoms with E-state index < -0.39 is 0 Å². The van der Waals surface area contributed by atoms with Crippen LogP contribution < -0.4 is 5.32 Å². The number of imidazole rings is 1. The number of fused-ring (bicyclic) bond motifs is 2. The van der Waals surface area contributed by atoms with E-state index in [2.05, 4.69) is 35.5 Å². The van der Waals surface area contributed by atoms with Crippen molar-refractivity contribution in [1.82, 2.24) is 35.1 Å². The molecule has 39 heavy (non-hydrogen) atoms. The van der Waals surface area contributed by atoms with Crippen molar-refractivity contribution in [2.75, 3.05) is 5.32 Å². The van der Waals surface area contributed by atoms with E-state index in [0.717, 1.165) is 38.8 Å². The van der Waals surface area contributed by atoms with Crippen LogP contribution in [0.4, 0.5) is 5.69 Å². The molecule has 5 aromatic heterocycles. The van der Waals surface area contributed by atoms with Crippen LogP contribution >= 0.6 is 0 Å². The van der Waals surface area contributed by atoms with Gasteiger partial charge in [0.05, 0.1) is 28.6 Å². The molecule has 0 bridgehead atoms. The predicted octanol–water partition coefficient (Wildman–Crippen LogP) is 5.88. The third kappa shape index (κ3) is 4.17. The van der Waals surface area contributed by atoms with E-state index in [9.17, 15) is 4.79 Å². The van der Waals surface area contributed by atoms with E-state index in [4.69, 9.17) is 4.98 Å².